The summed E-state index contributed by atoms with van der Waals surface area (Å²) < 4.78 is 5.63. The van der Waals surface area contributed by atoms with Crippen LogP contribution in [0.1, 0.15) is 56.3 Å². The molecule has 21 heavy (non-hydrogen) atoms. The molecule has 3 unspecified atom stereocenters. The van der Waals surface area contributed by atoms with Gasteiger partial charge in [0.1, 0.15) is 5.75 Å². The van der Waals surface area contributed by atoms with E-state index in [-0.39, 0.29) is 17.9 Å². The van der Waals surface area contributed by atoms with E-state index in [1.165, 1.54) is 25.7 Å². The zero-order valence-electron chi connectivity index (χ0n) is 12.8. The van der Waals surface area contributed by atoms with E-state index in [0.29, 0.717) is 23.3 Å². The van der Waals surface area contributed by atoms with Crippen LogP contribution in [0.15, 0.2) is 18.5 Å². The second kappa shape index (κ2) is 6.14. The molecular weight excluding hydrogens is 264 g/mol. The fourth-order valence-electron chi connectivity index (χ4n) is 3.61. The maximum atomic E-state index is 12.7. The molecule has 0 spiro atoms. The number of Topliss-reactive ketones (excluding diaryl/α,β-unsaturated/α-hetero) is 1. The minimum absolute atomic E-state index is 0.0470. The van der Waals surface area contributed by atoms with Gasteiger partial charge in [0.05, 0.1) is 18.3 Å². The topological polar surface area (TPSA) is 51.2 Å². The zero-order chi connectivity index (χ0) is 14.8. The third-order valence-electron chi connectivity index (χ3n) is 4.55. The Balaban J connectivity index is 1.70. The SMILES string of the molecule is CC(C)Oc1cncc(C(=O)C2CC3CCCCC3N2)c1. The van der Waals surface area contributed by atoms with Gasteiger partial charge in [-0.15, -0.1) is 0 Å². The summed E-state index contributed by atoms with van der Waals surface area (Å²) in [7, 11) is 0. The van der Waals surface area contributed by atoms with Crippen LogP contribution in [-0.2, 0) is 0 Å². The first-order valence-corrected chi connectivity index (χ1v) is 8.05. The van der Waals surface area contributed by atoms with Crippen molar-refractivity contribution >= 4 is 5.78 Å². The molecule has 2 aliphatic rings. The largest absolute Gasteiger partial charge is 0.489 e. The van der Waals surface area contributed by atoms with Gasteiger partial charge in [0.25, 0.3) is 0 Å². The van der Waals surface area contributed by atoms with E-state index in [2.05, 4.69) is 10.3 Å². The standard InChI is InChI=1S/C17H24N2O2/c1-11(2)21-14-7-13(9-18-10-14)17(20)16-8-12-5-3-4-6-15(12)19-16/h7,9-12,15-16,19H,3-6,8H2,1-2H3. The van der Waals surface area contributed by atoms with E-state index in [1.807, 2.05) is 19.9 Å². The third kappa shape index (κ3) is 3.26. The van der Waals surface area contributed by atoms with Crippen molar-refractivity contribution < 1.29 is 9.53 Å². The van der Waals surface area contributed by atoms with Gasteiger partial charge < -0.3 is 10.1 Å². The highest BCUT2D eigenvalue weighted by Crippen LogP contribution is 2.34. The van der Waals surface area contributed by atoms with E-state index >= 15 is 0 Å². The van der Waals surface area contributed by atoms with Gasteiger partial charge in [-0.25, -0.2) is 0 Å². The quantitative estimate of drug-likeness (QED) is 0.865. The van der Waals surface area contributed by atoms with Crippen LogP contribution in [0, 0.1) is 5.92 Å². The summed E-state index contributed by atoms with van der Waals surface area (Å²) in [6, 6.07) is 2.31. The van der Waals surface area contributed by atoms with E-state index in [4.69, 9.17) is 4.74 Å². The smallest absolute Gasteiger partial charge is 0.181 e. The molecule has 1 aliphatic carbocycles. The highest BCUT2D eigenvalue weighted by atomic mass is 16.5. The van der Waals surface area contributed by atoms with Crippen molar-refractivity contribution in [3.05, 3.63) is 24.0 Å². The van der Waals surface area contributed by atoms with Gasteiger partial charge in [0.2, 0.25) is 0 Å². The average molecular weight is 288 g/mol. The van der Waals surface area contributed by atoms with Crippen LogP contribution >= 0.6 is 0 Å². The fraction of sp³-hybridized carbons (Fsp3) is 0.647. The molecule has 1 saturated carbocycles. The molecule has 1 saturated heterocycles. The van der Waals surface area contributed by atoms with Crippen LogP contribution in [0.5, 0.6) is 5.75 Å². The van der Waals surface area contributed by atoms with Crippen LogP contribution in [0.25, 0.3) is 0 Å². The van der Waals surface area contributed by atoms with E-state index in [9.17, 15) is 4.79 Å². The predicted octanol–water partition coefficient (Wildman–Crippen LogP) is 2.97. The number of carbonyl (C=O) groups excluding carboxylic acids is 1. The van der Waals surface area contributed by atoms with Gasteiger partial charge in [-0.2, -0.15) is 0 Å². The van der Waals surface area contributed by atoms with E-state index < -0.39 is 0 Å². The number of hydrogen-bond acceptors (Lipinski definition) is 4. The number of nitrogens with zero attached hydrogens (tertiary/aromatic N) is 1. The minimum Gasteiger partial charge on any atom is -0.489 e. The first kappa shape index (κ1) is 14.5. The molecule has 1 N–H and O–H groups in total. The van der Waals surface area contributed by atoms with Crippen molar-refractivity contribution in [3.63, 3.8) is 0 Å². The Morgan fingerprint density at radius 3 is 2.90 bits per heavy atom. The Kier molecular flexibility index (Phi) is 4.24. The van der Waals surface area contributed by atoms with E-state index in [1.54, 1.807) is 12.4 Å². The molecule has 4 heteroatoms. The lowest BCUT2D eigenvalue weighted by molar-refractivity contribution is 0.0948. The summed E-state index contributed by atoms with van der Waals surface area (Å²) in [5.41, 5.74) is 0.657. The normalized spacial score (nSPS) is 28.4. The molecule has 0 radical (unpaired) electrons. The number of hydrogen-bond donors (Lipinski definition) is 1. The third-order valence-corrected chi connectivity index (χ3v) is 4.55. The molecule has 0 bridgehead atoms. The van der Waals surface area contributed by atoms with Crippen molar-refractivity contribution in [3.8, 4) is 5.75 Å². The summed E-state index contributed by atoms with van der Waals surface area (Å²) in [6.45, 7) is 3.94. The van der Waals surface area contributed by atoms with Crippen LogP contribution < -0.4 is 10.1 Å². The molecular formula is C17H24N2O2. The summed E-state index contributed by atoms with van der Waals surface area (Å²) >= 11 is 0. The van der Waals surface area contributed by atoms with Crippen molar-refractivity contribution in [1.82, 2.24) is 10.3 Å². The number of pyridine rings is 1. The van der Waals surface area contributed by atoms with Gasteiger partial charge >= 0.3 is 0 Å². The highest BCUT2D eigenvalue weighted by molar-refractivity contribution is 6.00. The lowest BCUT2D eigenvalue weighted by Crippen LogP contribution is -2.37. The number of aromatic nitrogens is 1. The van der Waals surface area contributed by atoms with Gasteiger partial charge in [0, 0.05) is 17.8 Å². The van der Waals surface area contributed by atoms with Crippen molar-refractivity contribution in [2.24, 2.45) is 5.92 Å². The average Bonchev–Trinajstić information content (AvgIpc) is 2.90. The monoisotopic (exact) mass is 288 g/mol. The van der Waals surface area contributed by atoms with Gasteiger partial charge in [-0.3, -0.25) is 9.78 Å². The predicted molar refractivity (Wildman–Crippen MR) is 81.6 cm³/mol. The zero-order valence-corrected chi connectivity index (χ0v) is 12.8. The fourth-order valence-corrected chi connectivity index (χ4v) is 3.61. The van der Waals surface area contributed by atoms with Crippen molar-refractivity contribution in [2.45, 2.75) is 64.1 Å². The number of carbonyl (C=O) groups is 1. The number of ketones is 1. The molecule has 3 rings (SSSR count). The molecule has 4 nitrogen and oxygen atoms in total. The Morgan fingerprint density at radius 2 is 2.14 bits per heavy atom. The summed E-state index contributed by atoms with van der Waals surface area (Å²) in [6.07, 6.45) is 9.44. The molecule has 114 valence electrons. The molecule has 0 aromatic carbocycles. The van der Waals surface area contributed by atoms with Gasteiger partial charge in [0.15, 0.2) is 5.78 Å². The summed E-state index contributed by atoms with van der Waals surface area (Å²) in [5, 5.41) is 3.53. The van der Waals surface area contributed by atoms with Crippen molar-refractivity contribution in [1.29, 1.82) is 0 Å². The lowest BCUT2D eigenvalue weighted by atomic mass is 9.84. The summed E-state index contributed by atoms with van der Waals surface area (Å²) in [4.78, 5) is 16.8. The number of rotatable bonds is 4. The summed E-state index contributed by atoms with van der Waals surface area (Å²) in [5.74, 6) is 1.51. The second-order valence-electron chi connectivity index (χ2n) is 6.55. The van der Waals surface area contributed by atoms with Gasteiger partial charge in [-0.1, -0.05) is 12.8 Å². The Labute approximate surface area is 126 Å². The Morgan fingerprint density at radius 1 is 1.33 bits per heavy atom. The Hall–Kier alpha value is -1.42. The second-order valence-corrected chi connectivity index (χ2v) is 6.55. The van der Waals surface area contributed by atoms with Crippen LogP contribution in [-0.4, -0.2) is 29.0 Å². The first-order valence-electron chi connectivity index (χ1n) is 8.05. The first-order chi connectivity index (χ1) is 10.1. The number of nitrogens with one attached hydrogen (secondary N) is 1. The lowest BCUT2D eigenvalue weighted by Gasteiger charge is -2.24. The highest BCUT2D eigenvalue weighted by Gasteiger charge is 2.38. The number of fused-ring (bicyclic) bond motifs is 1. The molecule has 3 atom stereocenters. The maximum absolute atomic E-state index is 12.7. The minimum atomic E-state index is -0.0470. The van der Waals surface area contributed by atoms with Crippen LogP contribution in [0.3, 0.4) is 0 Å². The number of ether oxygens (including phenoxy) is 1. The van der Waals surface area contributed by atoms with E-state index in [0.717, 1.165) is 6.42 Å². The maximum Gasteiger partial charge on any atom is 0.181 e. The molecule has 2 fully saturated rings. The van der Waals surface area contributed by atoms with Crippen LogP contribution in [0.4, 0.5) is 0 Å². The van der Waals surface area contributed by atoms with Crippen molar-refractivity contribution in [2.75, 3.05) is 0 Å². The molecule has 1 aromatic heterocycles. The molecule has 1 aliphatic heterocycles. The Bertz CT molecular complexity index is 501. The molecule has 2 heterocycles. The molecule has 0 amide bonds. The van der Waals surface area contributed by atoms with Gasteiger partial charge in [-0.05, 0) is 45.1 Å². The molecule has 1 aromatic rings. The van der Waals surface area contributed by atoms with Crippen LogP contribution in [0.2, 0.25) is 0 Å².